The summed E-state index contributed by atoms with van der Waals surface area (Å²) in [4.78, 5) is 34.6. The Kier molecular flexibility index (Phi) is 2.64. The Bertz CT molecular complexity index is 416. The van der Waals surface area contributed by atoms with Crippen LogP contribution in [0.15, 0.2) is 0 Å². The minimum atomic E-state index is -0.840. The summed E-state index contributed by atoms with van der Waals surface area (Å²) in [5.74, 6) is -1.84. The molecule has 0 aromatic rings. The van der Waals surface area contributed by atoms with Gasteiger partial charge in [-0.1, -0.05) is 0 Å². The van der Waals surface area contributed by atoms with E-state index in [9.17, 15) is 19.5 Å². The third kappa shape index (κ3) is 1.64. The molecule has 3 aliphatic rings. The van der Waals surface area contributed by atoms with Crippen molar-refractivity contribution in [2.45, 2.75) is 25.7 Å². The van der Waals surface area contributed by atoms with Gasteiger partial charge in [-0.3, -0.25) is 14.4 Å². The molecule has 0 unspecified atom stereocenters. The van der Waals surface area contributed by atoms with Crippen LogP contribution in [0.2, 0.25) is 0 Å². The average Bonchev–Trinajstić information content (AvgIpc) is 2.67. The van der Waals surface area contributed by atoms with E-state index in [0.717, 1.165) is 0 Å². The van der Waals surface area contributed by atoms with E-state index in [0.29, 0.717) is 25.7 Å². The Balaban J connectivity index is 1.91. The lowest BCUT2D eigenvalue weighted by Gasteiger charge is -2.43. The maximum absolute atomic E-state index is 11.6. The van der Waals surface area contributed by atoms with Gasteiger partial charge < -0.3 is 9.84 Å². The molecule has 0 bridgehead atoms. The van der Waals surface area contributed by atoms with Crippen LogP contribution >= 0.6 is 0 Å². The van der Waals surface area contributed by atoms with Crippen LogP contribution in [0.3, 0.4) is 0 Å². The molecule has 18 heavy (non-hydrogen) atoms. The summed E-state index contributed by atoms with van der Waals surface area (Å²) in [7, 11) is 0. The first kappa shape index (κ1) is 11.7. The average molecular weight is 252 g/mol. The monoisotopic (exact) mass is 252 g/mol. The van der Waals surface area contributed by atoms with Crippen LogP contribution in [-0.2, 0) is 19.1 Å². The van der Waals surface area contributed by atoms with Crippen molar-refractivity contribution >= 4 is 17.7 Å². The minimum Gasteiger partial charge on any atom is -0.481 e. The van der Waals surface area contributed by atoms with Gasteiger partial charge in [-0.2, -0.15) is 0 Å². The fraction of sp³-hybridized carbons (Fsp3) is 0.769. The number of carboxylic acids is 1. The molecule has 0 spiro atoms. The number of aliphatic carboxylic acids is 1. The second kappa shape index (κ2) is 4.07. The van der Waals surface area contributed by atoms with Crippen LogP contribution in [0.25, 0.3) is 0 Å². The van der Waals surface area contributed by atoms with E-state index in [1.807, 2.05) is 0 Å². The first-order valence-corrected chi connectivity index (χ1v) is 6.49. The number of rotatable bonds is 1. The topological polar surface area (TPSA) is 80.7 Å². The van der Waals surface area contributed by atoms with Gasteiger partial charge >= 0.3 is 11.9 Å². The summed E-state index contributed by atoms with van der Waals surface area (Å²) in [5, 5.41) is 9.42. The standard InChI is InChI=1S/C13H16O5/c14-7-1-2-8-6(3-7)4-9-10(5-18-13(9)17)11(8)12(15)16/h6,8-11H,1-5H2,(H,15,16)/t6-,8+,9+,10+,11-/m0/s1. The molecule has 1 N–H and O–H groups in total. The highest BCUT2D eigenvalue weighted by Crippen LogP contribution is 2.50. The molecule has 0 amide bonds. The maximum atomic E-state index is 11.6. The molecule has 3 fully saturated rings. The van der Waals surface area contributed by atoms with Crippen molar-refractivity contribution in [2.24, 2.45) is 29.6 Å². The van der Waals surface area contributed by atoms with Crippen LogP contribution in [0.4, 0.5) is 0 Å². The zero-order valence-corrected chi connectivity index (χ0v) is 10.0. The van der Waals surface area contributed by atoms with Crippen molar-refractivity contribution < 1.29 is 24.2 Å². The van der Waals surface area contributed by atoms with Gasteiger partial charge in [-0.25, -0.2) is 0 Å². The lowest BCUT2D eigenvalue weighted by molar-refractivity contribution is -0.153. The SMILES string of the molecule is O=C1CC[C@@H]2[C@@H](C1)C[C@H]1C(=O)OC[C@H]1[C@H]2C(=O)O. The fourth-order valence-corrected chi connectivity index (χ4v) is 4.05. The van der Waals surface area contributed by atoms with E-state index in [1.54, 1.807) is 0 Å². The van der Waals surface area contributed by atoms with E-state index < -0.39 is 11.9 Å². The molecular weight excluding hydrogens is 236 g/mol. The molecule has 98 valence electrons. The Morgan fingerprint density at radius 2 is 2.06 bits per heavy atom. The second-order valence-electron chi connectivity index (χ2n) is 5.71. The predicted molar refractivity (Wildman–Crippen MR) is 59.5 cm³/mol. The van der Waals surface area contributed by atoms with E-state index in [2.05, 4.69) is 0 Å². The molecule has 0 aromatic heterocycles. The molecule has 1 heterocycles. The first-order valence-electron chi connectivity index (χ1n) is 6.49. The number of Topliss-reactive ketones (excluding diaryl/α,β-unsaturated/α-hetero) is 1. The number of ketones is 1. The van der Waals surface area contributed by atoms with Crippen molar-refractivity contribution in [1.82, 2.24) is 0 Å². The summed E-state index contributed by atoms with van der Waals surface area (Å²) in [6.45, 7) is 0.234. The van der Waals surface area contributed by atoms with Gasteiger partial charge in [-0.05, 0) is 24.7 Å². The fourth-order valence-electron chi connectivity index (χ4n) is 4.05. The Morgan fingerprint density at radius 1 is 1.28 bits per heavy atom. The number of cyclic esters (lactones) is 1. The first-order chi connectivity index (χ1) is 8.58. The molecule has 5 nitrogen and oxygen atoms in total. The van der Waals surface area contributed by atoms with Gasteiger partial charge in [0.2, 0.25) is 0 Å². The number of esters is 1. The van der Waals surface area contributed by atoms with Crippen molar-refractivity contribution in [3.63, 3.8) is 0 Å². The highest BCUT2D eigenvalue weighted by atomic mass is 16.5. The molecule has 2 aliphatic carbocycles. The van der Waals surface area contributed by atoms with E-state index >= 15 is 0 Å². The third-order valence-corrected chi connectivity index (χ3v) is 4.85. The summed E-state index contributed by atoms with van der Waals surface area (Å²) >= 11 is 0. The van der Waals surface area contributed by atoms with Crippen LogP contribution in [0.5, 0.6) is 0 Å². The molecule has 0 aromatic carbocycles. The zero-order valence-electron chi connectivity index (χ0n) is 10.0. The largest absolute Gasteiger partial charge is 0.481 e. The number of hydrogen-bond donors (Lipinski definition) is 1. The highest BCUT2D eigenvalue weighted by Gasteiger charge is 2.54. The minimum absolute atomic E-state index is 0.0379. The van der Waals surface area contributed by atoms with Gasteiger partial charge in [0.15, 0.2) is 0 Å². The summed E-state index contributed by atoms with van der Waals surface area (Å²) in [5.41, 5.74) is 0. The molecule has 3 rings (SSSR count). The molecule has 2 saturated carbocycles. The normalized spacial score (nSPS) is 43.0. The van der Waals surface area contributed by atoms with Crippen LogP contribution < -0.4 is 0 Å². The Labute approximate surface area is 104 Å². The molecule has 5 atom stereocenters. The van der Waals surface area contributed by atoms with Gasteiger partial charge in [0.25, 0.3) is 0 Å². The number of carbonyl (C=O) groups excluding carboxylic acids is 2. The highest BCUT2D eigenvalue weighted by molar-refractivity contribution is 5.82. The van der Waals surface area contributed by atoms with Gasteiger partial charge in [0.05, 0.1) is 18.4 Å². The summed E-state index contributed by atoms with van der Waals surface area (Å²) in [6.07, 6.45) is 2.20. The van der Waals surface area contributed by atoms with E-state index in [-0.39, 0.29) is 42.0 Å². The molecule has 5 heteroatoms. The molecular formula is C13H16O5. The maximum Gasteiger partial charge on any atom is 0.309 e. The molecule has 1 saturated heterocycles. The quantitative estimate of drug-likeness (QED) is 0.700. The lowest BCUT2D eigenvalue weighted by atomic mass is 9.58. The number of fused-ring (bicyclic) bond motifs is 2. The van der Waals surface area contributed by atoms with Crippen molar-refractivity contribution in [2.75, 3.05) is 6.61 Å². The van der Waals surface area contributed by atoms with Crippen molar-refractivity contribution in [1.29, 1.82) is 0 Å². The van der Waals surface area contributed by atoms with Crippen LogP contribution in [0.1, 0.15) is 25.7 Å². The van der Waals surface area contributed by atoms with Crippen molar-refractivity contribution in [3.05, 3.63) is 0 Å². The van der Waals surface area contributed by atoms with Crippen LogP contribution in [0, 0.1) is 29.6 Å². The third-order valence-electron chi connectivity index (χ3n) is 4.85. The summed E-state index contributed by atoms with van der Waals surface area (Å²) < 4.78 is 5.03. The molecule has 0 radical (unpaired) electrons. The summed E-state index contributed by atoms with van der Waals surface area (Å²) in [6, 6.07) is 0. The van der Waals surface area contributed by atoms with E-state index in [1.165, 1.54) is 0 Å². The van der Waals surface area contributed by atoms with Gasteiger partial charge in [-0.15, -0.1) is 0 Å². The number of ether oxygens (including phenoxy) is 1. The predicted octanol–water partition coefficient (Wildman–Crippen LogP) is 0.866. The number of carboxylic acid groups (broad SMARTS) is 1. The zero-order chi connectivity index (χ0) is 12.9. The smallest absolute Gasteiger partial charge is 0.309 e. The van der Waals surface area contributed by atoms with Gasteiger partial charge in [0.1, 0.15) is 5.78 Å². The van der Waals surface area contributed by atoms with E-state index in [4.69, 9.17) is 4.74 Å². The van der Waals surface area contributed by atoms with Crippen LogP contribution in [-0.4, -0.2) is 29.4 Å². The second-order valence-corrected chi connectivity index (χ2v) is 5.71. The number of hydrogen-bond acceptors (Lipinski definition) is 4. The number of carbonyl (C=O) groups is 3. The van der Waals surface area contributed by atoms with Crippen molar-refractivity contribution in [3.8, 4) is 0 Å². The molecule has 1 aliphatic heterocycles. The lowest BCUT2D eigenvalue weighted by Crippen LogP contribution is -2.46. The Morgan fingerprint density at radius 3 is 2.78 bits per heavy atom. The van der Waals surface area contributed by atoms with Gasteiger partial charge in [0, 0.05) is 18.8 Å². The Hall–Kier alpha value is -1.39.